The van der Waals surface area contributed by atoms with E-state index in [2.05, 4.69) is 92.2 Å². The minimum Gasteiger partial charge on any atom is -0.335 e. The third kappa shape index (κ3) is 11.7. The molecule has 0 radical (unpaired) electrons. The van der Waals surface area contributed by atoms with E-state index in [0.29, 0.717) is 5.92 Å². The molecule has 0 saturated heterocycles. The summed E-state index contributed by atoms with van der Waals surface area (Å²) in [6, 6.07) is 22.3. The number of hydrogen-bond acceptors (Lipinski definition) is 1. The predicted molar refractivity (Wildman–Crippen MR) is 183 cm³/mol. The molecule has 1 aromatic heterocycles. The molecule has 2 atom stereocenters. The number of rotatable bonds is 24. The molecule has 3 rings (SSSR count). The fourth-order valence-electron chi connectivity index (χ4n) is 6.88. The van der Waals surface area contributed by atoms with Crippen molar-refractivity contribution >= 4 is 0 Å². The molecule has 0 saturated carbocycles. The molecule has 0 bridgehead atoms. The summed E-state index contributed by atoms with van der Waals surface area (Å²) in [5.74, 6) is 1.67. The van der Waals surface area contributed by atoms with Crippen LogP contribution in [0.1, 0.15) is 159 Å². The topological polar surface area (TPSA) is 17.8 Å². The second-order valence-corrected chi connectivity index (χ2v) is 13.1. The van der Waals surface area contributed by atoms with Crippen molar-refractivity contribution in [1.29, 1.82) is 0 Å². The molecule has 42 heavy (non-hydrogen) atoms. The molecular formula is C40H62N2. The lowest BCUT2D eigenvalue weighted by Gasteiger charge is -2.39. The Balaban J connectivity index is 1.49. The van der Waals surface area contributed by atoms with Crippen LogP contribution in [0.3, 0.4) is 0 Å². The molecular weight excluding hydrogens is 508 g/mol. The Labute approximate surface area is 259 Å². The van der Waals surface area contributed by atoms with Crippen molar-refractivity contribution in [3.8, 4) is 0 Å². The first-order valence-electron chi connectivity index (χ1n) is 17.8. The zero-order valence-corrected chi connectivity index (χ0v) is 27.5. The lowest BCUT2D eigenvalue weighted by atomic mass is 9.66. The Morgan fingerprint density at radius 3 is 1.67 bits per heavy atom. The zero-order valence-electron chi connectivity index (χ0n) is 27.5. The fraction of sp³-hybridized carbons (Fsp3) is 0.625. The van der Waals surface area contributed by atoms with Crippen molar-refractivity contribution in [1.82, 2.24) is 9.55 Å². The number of imidazole rings is 1. The maximum absolute atomic E-state index is 5.05. The minimum atomic E-state index is -0.0179. The standard InChI is InChI=1S/C40H62N2/c1-4-6-8-9-10-11-12-13-14-15-16-17-18-19-26-33-42-34-32-41-39(42)38(31-7-5-2)40(3,37-29-24-21-25-30-37)35-36-27-22-20-23-28-36/h20-25,27-30,32,34,38H,4-19,26,31,33,35H2,1-3H3. The number of benzene rings is 2. The molecule has 0 aliphatic heterocycles. The van der Waals surface area contributed by atoms with Crippen LogP contribution in [0.25, 0.3) is 0 Å². The monoisotopic (exact) mass is 570 g/mol. The van der Waals surface area contributed by atoms with Crippen LogP contribution in [0.5, 0.6) is 0 Å². The van der Waals surface area contributed by atoms with Gasteiger partial charge < -0.3 is 4.57 Å². The lowest BCUT2D eigenvalue weighted by molar-refractivity contribution is 0.324. The summed E-state index contributed by atoms with van der Waals surface area (Å²) in [6.07, 6.45) is 30.1. The average molecular weight is 571 g/mol. The van der Waals surface area contributed by atoms with Crippen LogP contribution >= 0.6 is 0 Å². The van der Waals surface area contributed by atoms with Gasteiger partial charge in [-0.25, -0.2) is 4.98 Å². The van der Waals surface area contributed by atoms with E-state index >= 15 is 0 Å². The Bertz CT molecular complexity index is 1040. The molecule has 0 aliphatic rings. The van der Waals surface area contributed by atoms with Crippen molar-refractivity contribution in [2.24, 2.45) is 0 Å². The van der Waals surface area contributed by atoms with Gasteiger partial charge in [0.05, 0.1) is 0 Å². The Morgan fingerprint density at radius 1 is 0.619 bits per heavy atom. The number of aryl methyl sites for hydroxylation is 1. The van der Waals surface area contributed by atoms with Gasteiger partial charge in [0.2, 0.25) is 0 Å². The molecule has 0 amide bonds. The number of hydrogen-bond donors (Lipinski definition) is 0. The maximum Gasteiger partial charge on any atom is 0.112 e. The molecule has 2 unspecified atom stereocenters. The van der Waals surface area contributed by atoms with Crippen LogP contribution in [-0.4, -0.2) is 9.55 Å². The van der Waals surface area contributed by atoms with Gasteiger partial charge in [0.1, 0.15) is 5.82 Å². The third-order valence-corrected chi connectivity index (χ3v) is 9.52. The van der Waals surface area contributed by atoms with Crippen LogP contribution in [0.15, 0.2) is 73.1 Å². The van der Waals surface area contributed by atoms with Gasteiger partial charge >= 0.3 is 0 Å². The van der Waals surface area contributed by atoms with E-state index in [1.165, 1.54) is 133 Å². The summed E-state index contributed by atoms with van der Waals surface area (Å²) >= 11 is 0. The highest BCUT2D eigenvalue weighted by atomic mass is 15.1. The lowest BCUT2D eigenvalue weighted by Crippen LogP contribution is -2.35. The normalized spacial score (nSPS) is 13.7. The molecule has 1 heterocycles. The summed E-state index contributed by atoms with van der Waals surface area (Å²) < 4.78 is 2.49. The van der Waals surface area contributed by atoms with Crippen molar-refractivity contribution < 1.29 is 0 Å². The summed E-state index contributed by atoms with van der Waals surface area (Å²) in [7, 11) is 0. The van der Waals surface area contributed by atoms with Crippen molar-refractivity contribution in [3.63, 3.8) is 0 Å². The number of nitrogens with zero attached hydrogens (tertiary/aromatic N) is 2. The SMILES string of the molecule is CCCCCCCCCCCCCCCCCn1ccnc1C(CCCC)C(C)(Cc1ccccc1)c1ccccc1. The van der Waals surface area contributed by atoms with E-state index < -0.39 is 0 Å². The molecule has 0 spiro atoms. The summed E-state index contributed by atoms with van der Waals surface area (Å²) in [5, 5.41) is 0. The van der Waals surface area contributed by atoms with Crippen LogP contribution in [0, 0.1) is 0 Å². The van der Waals surface area contributed by atoms with Gasteiger partial charge in [0.15, 0.2) is 0 Å². The minimum absolute atomic E-state index is 0.0179. The van der Waals surface area contributed by atoms with E-state index in [-0.39, 0.29) is 5.41 Å². The van der Waals surface area contributed by atoms with Gasteiger partial charge in [-0.15, -0.1) is 0 Å². The summed E-state index contributed by atoms with van der Waals surface area (Å²) in [4.78, 5) is 5.05. The van der Waals surface area contributed by atoms with Crippen molar-refractivity contribution in [3.05, 3.63) is 90.0 Å². The van der Waals surface area contributed by atoms with Gasteiger partial charge in [-0.3, -0.25) is 0 Å². The summed E-state index contributed by atoms with van der Waals surface area (Å²) in [6.45, 7) is 8.19. The molecule has 0 fully saturated rings. The van der Waals surface area contributed by atoms with E-state index in [9.17, 15) is 0 Å². The van der Waals surface area contributed by atoms with Gasteiger partial charge in [0.25, 0.3) is 0 Å². The molecule has 3 aromatic rings. The number of aromatic nitrogens is 2. The zero-order chi connectivity index (χ0) is 29.7. The third-order valence-electron chi connectivity index (χ3n) is 9.52. The quantitative estimate of drug-likeness (QED) is 0.0979. The number of unbranched alkanes of at least 4 members (excludes halogenated alkanes) is 15. The average Bonchev–Trinajstić information content (AvgIpc) is 3.48. The van der Waals surface area contributed by atoms with E-state index in [1.54, 1.807) is 0 Å². The smallest absolute Gasteiger partial charge is 0.112 e. The molecule has 0 N–H and O–H groups in total. The Morgan fingerprint density at radius 2 is 1.12 bits per heavy atom. The fourth-order valence-corrected chi connectivity index (χ4v) is 6.88. The highest BCUT2D eigenvalue weighted by Gasteiger charge is 2.39. The molecule has 2 nitrogen and oxygen atoms in total. The van der Waals surface area contributed by atoms with Gasteiger partial charge in [-0.1, -0.05) is 184 Å². The first-order valence-corrected chi connectivity index (χ1v) is 17.8. The van der Waals surface area contributed by atoms with Gasteiger partial charge in [-0.2, -0.15) is 0 Å². The molecule has 0 aliphatic carbocycles. The van der Waals surface area contributed by atoms with E-state index in [4.69, 9.17) is 4.98 Å². The van der Waals surface area contributed by atoms with Crippen LogP contribution in [-0.2, 0) is 18.4 Å². The second-order valence-electron chi connectivity index (χ2n) is 13.1. The second kappa shape index (κ2) is 20.5. The molecule has 232 valence electrons. The highest BCUT2D eigenvalue weighted by molar-refractivity contribution is 5.33. The largest absolute Gasteiger partial charge is 0.335 e. The van der Waals surface area contributed by atoms with E-state index in [0.717, 1.165) is 13.0 Å². The van der Waals surface area contributed by atoms with Crippen LogP contribution < -0.4 is 0 Å². The van der Waals surface area contributed by atoms with Gasteiger partial charge in [0, 0.05) is 30.3 Å². The Hall–Kier alpha value is -2.35. The Kier molecular flexibility index (Phi) is 16.7. The van der Waals surface area contributed by atoms with Crippen molar-refractivity contribution in [2.75, 3.05) is 0 Å². The molecule has 2 aromatic carbocycles. The van der Waals surface area contributed by atoms with Crippen molar-refractivity contribution in [2.45, 2.75) is 161 Å². The highest BCUT2D eigenvalue weighted by Crippen LogP contribution is 2.44. The first kappa shape index (κ1) is 34.1. The predicted octanol–water partition coefficient (Wildman–Crippen LogP) is 12.2. The first-order chi connectivity index (χ1) is 20.7. The van der Waals surface area contributed by atoms with Crippen LogP contribution in [0.2, 0.25) is 0 Å². The van der Waals surface area contributed by atoms with E-state index in [1.807, 2.05) is 6.20 Å². The summed E-state index contributed by atoms with van der Waals surface area (Å²) in [5.41, 5.74) is 2.82. The maximum atomic E-state index is 5.05. The van der Waals surface area contributed by atoms with Gasteiger partial charge in [-0.05, 0) is 30.4 Å². The van der Waals surface area contributed by atoms with Crippen LogP contribution in [0.4, 0.5) is 0 Å². The molecule has 2 heteroatoms.